The van der Waals surface area contributed by atoms with E-state index in [4.69, 9.17) is 11.6 Å². The predicted octanol–water partition coefficient (Wildman–Crippen LogP) is 3.43. The Balaban J connectivity index is 1.63. The molecule has 1 aromatic carbocycles. The molecule has 1 aliphatic rings. The third-order valence-electron chi connectivity index (χ3n) is 5.57. The zero-order chi connectivity index (χ0) is 23.5. The van der Waals surface area contributed by atoms with Gasteiger partial charge >= 0.3 is 0 Å². The van der Waals surface area contributed by atoms with Crippen LogP contribution in [-0.2, 0) is 21.2 Å². The van der Waals surface area contributed by atoms with Gasteiger partial charge in [-0.05, 0) is 51.5 Å². The number of hydrogen-bond acceptors (Lipinski definition) is 5. The standard InChI is InChI=1S/C23H31ClN4O3S/c1-17(2)28(18(3)4)32(30,31)20-9-10-22(25-16-20)26-11-13-27(14-12-26)23(29)15-19-7-5-6-8-21(19)24/h5-10,16-18H,11-15H2,1-4H3. The molecule has 0 unspecified atom stereocenters. The molecule has 0 radical (unpaired) electrons. The van der Waals surface area contributed by atoms with Crippen LogP contribution >= 0.6 is 11.6 Å². The van der Waals surface area contributed by atoms with E-state index in [1.807, 2.05) is 50.8 Å². The Morgan fingerprint density at radius 3 is 2.19 bits per heavy atom. The van der Waals surface area contributed by atoms with Crippen LogP contribution in [0.5, 0.6) is 0 Å². The number of pyridine rings is 1. The number of hydrogen-bond donors (Lipinski definition) is 0. The molecule has 32 heavy (non-hydrogen) atoms. The predicted molar refractivity (Wildman–Crippen MR) is 127 cm³/mol. The lowest BCUT2D eigenvalue weighted by Gasteiger charge is -2.35. The minimum atomic E-state index is -3.61. The van der Waals surface area contributed by atoms with Gasteiger partial charge in [-0.25, -0.2) is 13.4 Å². The number of aromatic nitrogens is 1. The van der Waals surface area contributed by atoms with Crippen molar-refractivity contribution in [1.82, 2.24) is 14.2 Å². The molecular formula is C23H31ClN4O3S. The zero-order valence-electron chi connectivity index (χ0n) is 19.0. The molecule has 1 amide bonds. The molecule has 1 aromatic heterocycles. The SMILES string of the molecule is CC(C)N(C(C)C)S(=O)(=O)c1ccc(N2CCN(C(=O)Cc3ccccc3Cl)CC2)nc1. The number of anilines is 1. The summed E-state index contributed by atoms with van der Waals surface area (Å²) >= 11 is 6.18. The zero-order valence-corrected chi connectivity index (χ0v) is 20.6. The number of nitrogens with zero attached hydrogens (tertiary/aromatic N) is 4. The molecule has 0 atom stereocenters. The first-order chi connectivity index (χ1) is 15.1. The van der Waals surface area contributed by atoms with Gasteiger partial charge in [0.1, 0.15) is 10.7 Å². The lowest BCUT2D eigenvalue weighted by atomic mass is 10.1. The van der Waals surface area contributed by atoms with E-state index in [9.17, 15) is 13.2 Å². The van der Waals surface area contributed by atoms with Crippen molar-refractivity contribution in [3.05, 3.63) is 53.2 Å². The number of amides is 1. The van der Waals surface area contributed by atoms with Crippen molar-refractivity contribution in [1.29, 1.82) is 0 Å². The summed E-state index contributed by atoms with van der Waals surface area (Å²) < 4.78 is 27.5. The summed E-state index contributed by atoms with van der Waals surface area (Å²) in [6.07, 6.45) is 1.71. The molecule has 2 heterocycles. The second-order valence-corrected chi connectivity index (χ2v) is 10.8. The van der Waals surface area contributed by atoms with Gasteiger partial charge in [-0.15, -0.1) is 0 Å². The molecule has 0 bridgehead atoms. The number of carbonyl (C=O) groups is 1. The Labute approximate surface area is 196 Å². The van der Waals surface area contributed by atoms with Crippen LogP contribution in [0.2, 0.25) is 5.02 Å². The monoisotopic (exact) mass is 478 g/mol. The number of piperazine rings is 1. The fourth-order valence-electron chi connectivity index (χ4n) is 4.09. The van der Waals surface area contributed by atoms with Crippen LogP contribution in [0.1, 0.15) is 33.3 Å². The molecule has 0 spiro atoms. The summed E-state index contributed by atoms with van der Waals surface area (Å²) in [5, 5.41) is 0.604. The van der Waals surface area contributed by atoms with Crippen LogP contribution in [0.15, 0.2) is 47.5 Å². The average Bonchev–Trinajstić information content (AvgIpc) is 2.74. The Kier molecular flexibility index (Phi) is 7.79. The first-order valence-corrected chi connectivity index (χ1v) is 12.7. The van der Waals surface area contributed by atoms with Crippen LogP contribution in [0.3, 0.4) is 0 Å². The Bertz CT molecular complexity index is 1030. The van der Waals surface area contributed by atoms with E-state index >= 15 is 0 Å². The van der Waals surface area contributed by atoms with E-state index in [-0.39, 0.29) is 29.3 Å². The van der Waals surface area contributed by atoms with E-state index in [2.05, 4.69) is 9.88 Å². The molecule has 2 aromatic rings. The summed E-state index contributed by atoms with van der Waals surface area (Å²) in [4.78, 5) is 21.2. The molecule has 0 N–H and O–H groups in total. The molecule has 174 valence electrons. The van der Waals surface area contributed by atoms with E-state index in [1.54, 1.807) is 18.2 Å². The van der Waals surface area contributed by atoms with Crippen molar-refractivity contribution in [2.75, 3.05) is 31.1 Å². The van der Waals surface area contributed by atoms with Crippen molar-refractivity contribution in [3.63, 3.8) is 0 Å². The van der Waals surface area contributed by atoms with Gasteiger partial charge in [0.25, 0.3) is 0 Å². The molecule has 7 nitrogen and oxygen atoms in total. The summed E-state index contributed by atoms with van der Waals surface area (Å²) in [7, 11) is -3.61. The maximum Gasteiger partial charge on any atom is 0.245 e. The van der Waals surface area contributed by atoms with Crippen molar-refractivity contribution >= 4 is 33.3 Å². The Hall–Kier alpha value is -2.16. The summed E-state index contributed by atoms with van der Waals surface area (Å²) in [5.74, 6) is 0.761. The van der Waals surface area contributed by atoms with Gasteiger partial charge < -0.3 is 9.80 Å². The first kappa shape index (κ1) is 24.5. The number of halogens is 1. The van der Waals surface area contributed by atoms with E-state index in [1.165, 1.54) is 10.5 Å². The van der Waals surface area contributed by atoms with Crippen molar-refractivity contribution in [2.45, 2.75) is 51.1 Å². The molecule has 3 rings (SSSR count). The van der Waals surface area contributed by atoms with Crippen molar-refractivity contribution in [2.24, 2.45) is 0 Å². The minimum Gasteiger partial charge on any atom is -0.353 e. The molecule has 1 saturated heterocycles. The fraction of sp³-hybridized carbons (Fsp3) is 0.478. The van der Waals surface area contributed by atoms with Gasteiger partial charge in [0.15, 0.2) is 0 Å². The molecule has 1 fully saturated rings. The molecule has 0 aliphatic carbocycles. The Morgan fingerprint density at radius 1 is 1.03 bits per heavy atom. The molecule has 0 saturated carbocycles. The maximum absolute atomic E-state index is 13.0. The quantitative estimate of drug-likeness (QED) is 0.609. The third kappa shape index (κ3) is 5.42. The highest BCUT2D eigenvalue weighted by Gasteiger charge is 2.30. The topological polar surface area (TPSA) is 73.8 Å². The van der Waals surface area contributed by atoms with Gasteiger partial charge in [0.2, 0.25) is 15.9 Å². The van der Waals surface area contributed by atoms with Crippen LogP contribution in [0, 0.1) is 0 Å². The molecular weight excluding hydrogens is 448 g/mol. The summed E-state index contributed by atoms with van der Waals surface area (Å²) in [6.45, 7) is 9.91. The normalized spacial score (nSPS) is 15.1. The first-order valence-electron chi connectivity index (χ1n) is 10.9. The average molecular weight is 479 g/mol. The highest BCUT2D eigenvalue weighted by Crippen LogP contribution is 2.23. The third-order valence-corrected chi connectivity index (χ3v) is 8.17. The molecule has 1 aliphatic heterocycles. The molecule has 9 heteroatoms. The summed E-state index contributed by atoms with van der Waals surface area (Å²) in [6, 6.07) is 10.5. The maximum atomic E-state index is 13.0. The number of carbonyl (C=O) groups excluding carboxylic acids is 1. The van der Waals surface area contributed by atoms with E-state index in [0.29, 0.717) is 37.0 Å². The minimum absolute atomic E-state index is 0.0506. The van der Waals surface area contributed by atoms with Crippen LogP contribution in [-0.4, -0.2) is 66.8 Å². The van der Waals surface area contributed by atoms with Crippen LogP contribution in [0.4, 0.5) is 5.82 Å². The van der Waals surface area contributed by atoms with E-state index < -0.39 is 10.0 Å². The second kappa shape index (κ2) is 10.2. The van der Waals surface area contributed by atoms with Gasteiger partial charge in [0, 0.05) is 49.5 Å². The fourth-order valence-corrected chi connectivity index (χ4v) is 6.07. The number of benzene rings is 1. The number of rotatable bonds is 7. The van der Waals surface area contributed by atoms with E-state index in [0.717, 1.165) is 5.56 Å². The summed E-state index contributed by atoms with van der Waals surface area (Å²) in [5.41, 5.74) is 0.830. The van der Waals surface area contributed by atoms with Crippen LogP contribution < -0.4 is 4.90 Å². The largest absolute Gasteiger partial charge is 0.353 e. The highest BCUT2D eigenvalue weighted by atomic mass is 35.5. The van der Waals surface area contributed by atoms with Gasteiger partial charge in [-0.3, -0.25) is 4.79 Å². The van der Waals surface area contributed by atoms with Gasteiger partial charge in [-0.2, -0.15) is 4.31 Å². The van der Waals surface area contributed by atoms with Crippen molar-refractivity contribution in [3.8, 4) is 0 Å². The van der Waals surface area contributed by atoms with Crippen molar-refractivity contribution < 1.29 is 13.2 Å². The second-order valence-electron chi connectivity index (χ2n) is 8.51. The Morgan fingerprint density at radius 2 is 1.66 bits per heavy atom. The smallest absolute Gasteiger partial charge is 0.245 e. The highest BCUT2D eigenvalue weighted by molar-refractivity contribution is 7.89. The van der Waals surface area contributed by atoms with Gasteiger partial charge in [-0.1, -0.05) is 29.8 Å². The van der Waals surface area contributed by atoms with Crippen LogP contribution in [0.25, 0.3) is 0 Å². The lowest BCUT2D eigenvalue weighted by molar-refractivity contribution is -0.130. The van der Waals surface area contributed by atoms with Gasteiger partial charge in [0.05, 0.1) is 6.42 Å². The number of sulfonamides is 1. The lowest BCUT2D eigenvalue weighted by Crippen LogP contribution is -2.49.